The van der Waals surface area contributed by atoms with Crippen LogP contribution in [0.4, 0.5) is 5.69 Å². The molecule has 0 aliphatic carbocycles. The molecule has 0 radical (unpaired) electrons. The van der Waals surface area contributed by atoms with E-state index in [-0.39, 0.29) is 5.91 Å². The van der Waals surface area contributed by atoms with Gasteiger partial charge in [0.05, 0.1) is 22.4 Å². The van der Waals surface area contributed by atoms with Gasteiger partial charge in [-0.1, -0.05) is 72.0 Å². The molecule has 6 heteroatoms. The molecule has 1 amide bonds. The van der Waals surface area contributed by atoms with E-state index in [2.05, 4.69) is 22.3 Å². The Labute approximate surface area is 171 Å². The highest BCUT2D eigenvalue weighted by Crippen LogP contribution is 2.30. The maximum Gasteiger partial charge on any atom is 0.279 e. The summed E-state index contributed by atoms with van der Waals surface area (Å²) < 4.78 is 3.13. The molecule has 29 heavy (non-hydrogen) atoms. The molecule has 4 aromatic rings. The van der Waals surface area contributed by atoms with Gasteiger partial charge >= 0.3 is 0 Å². The average Bonchev–Trinajstić information content (AvgIpc) is 3.22. The van der Waals surface area contributed by atoms with Crippen molar-refractivity contribution >= 4 is 38.9 Å². The van der Waals surface area contributed by atoms with E-state index in [1.807, 2.05) is 78.3 Å². The van der Waals surface area contributed by atoms with Crippen molar-refractivity contribution < 1.29 is 4.79 Å². The van der Waals surface area contributed by atoms with Crippen molar-refractivity contribution in [1.29, 1.82) is 0 Å². The normalized spacial score (nSPS) is 15.5. The van der Waals surface area contributed by atoms with Crippen molar-refractivity contribution in [2.45, 2.75) is 6.54 Å². The summed E-state index contributed by atoms with van der Waals surface area (Å²) in [5.41, 5.74) is 4.25. The van der Waals surface area contributed by atoms with Crippen LogP contribution in [0.15, 0.2) is 89.1 Å². The molecule has 5 nitrogen and oxygen atoms in total. The van der Waals surface area contributed by atoms with Crippen molar-refractivity contribution in [3.8, 4) is 0 Å². The number of aromatic nitrogens is 1. The number of carbonyl (C=O) groups excluding carboxylic acids is 1. The van der Waals surface area contributed by atoms with Gasteiger partial charge in [0.25, 0.3) is 5.91 Å². The molecule has 0 saturated heterocycles. The predicted octanol–water partition coefficient (Wildman–Crippen LogP) is 4.09. The first kappa shape index (κ1) is 17.6. The minimum atomic E-state index is -0.123. The van der Waals surface area contributed by atoms with Crippen LogP contribution < -0.4 is 9.70 Å². The first-order valence-electron chi connectivity index (χ1n) is 9.34. The Balaban J connectivity index is 1.58. The Morgan fingerprint density at radius 3 is 2.41 bits per heavy atom. The molecule has 0 unspecified atom stereocenters. The van der Waals surface area contributed by atoms with Crippen LogP contribution in [0.5, 0.6) is 0 Å². The number of rotatable bonds is 3. The fourth-order valence-corrected chi connectivity index (χ4v) is 4.52. The lowest BCUT2D eigenvalue weighted by molar-refractivity contribution is -0.112. The second-order valence-electron chi connectivity index (χ2n) is 6.85. The zero-order valence-corrected chi connectivity index (χ0v) is 16.6. The van der Waals surface area contributed by atoms with Gasteiger partial charge in [-0.3, -0.25) is 4.79 Å². The van der Waals surface area contributed by atoms with Gasteiger partial charge in [-0.2, -0.15) is 0 Å². The van der Waals surface area contributed by atoms with Crippen LogP contribution in [0.1, 0.15) is 11.1 Å². The Morgan fingerprint density at radius 1 is 0.862 bits per heavy atom. The van der Waals surface area contributed by atoms with Gasteiger partial charge < -0.3 is 9.47 Å². The zero-order valence-electron chi connectivity index (χ0n) is 15.8. The standard InChI is InChI=1S/C23H18N4OS/c1-26-19-13-7-8-14-20(19)29-23(26)25-24-21-17-11-5-6-12-18(17)27(22(21)28)15-16-9-3-2-4-10-16/h2-14H,15H2,1H3/b24-21+,25-23+. The third-order valence-corrected chi connectivity index (χ3v) is 6.13. The van der Waals surface area contributed by atoms with E-state index < -0.39 is 0 Å². The minimum Gasteiger partial charge on any atom is -0.318 e. The number of benzene rings is 3. The fraction of sp³-hybridized carbons (Fsp3) is 0.0870. The van der Waals surface area contributed by atoms with Crippen molar-refractivity contribution in [2.24, 2.45) is 17.3 Å². The lowest BCUT2D eigenvalue weighted by Crippen LogP contribution is -2.29. The Hall–Kier alpha value is -3.51. The third-order valence-electron chi connectivity index (χ3n) is 5.03. The summed E-state index contributed by atoms with van der Waals surface area (Å²) in [7, 11) is 1.96. The number of fused-ring (bicyclic) bond motifs is 2. The summed E-state index contributed by atoms with van der Waals surface area (Å²) in [5, 5.41) is 8.84. The van der Waals surface area contributed by atoms with Gasteiger partial charge in [0.15, 0.2) is 5.71 Å². The molecule has 0 N–H and O–H groups in total. The second kappa shape index (κ2) is 7.14. The highest BCUT2D eigenvalue weighted by atomic mass is 32.1. The maximum atomic E-state index is 13.2. The molecule has 1 aromatic heterocycles. The van der Waals surface area contributed by atoms with Crippen molar-refractivity contribution in [2.75, 3.05) is 4.90 Å². The minimum absolute atomic E-state index is 0.123. The van der Waals surface area contributed by atoms with E-state index in [1.165, 1.54) is 0 Å². The van der Waals surface area contributed by atoms with Crippen molar-refractivity contribution in [3.05, 3.63) is 94.8 Å². The van der Waals surface area contributed by atoms with Gasteiger partial charge in [0.2, 0.25) is 4.80 Å². The van der Waals surface area contributed by atoms with Crippen LogP contribution in [0.25, 0.3) is 10.2 Å². The number of anilines is 1. The highest BCUT2D eigenvalue weighted by molar-refractivity contribution is 7.16. The van der Waals surface area contributed by atoms with E-state index in [1.54, 1.807) is 16.2 Å². The predicted molar refractivity (Wildman–Crippen MR) is 117 cm³/mol. The molecule has 2 heterocycles. The number of carbonyl (C=O) groups is 1. The molecule has 0 bridgehead atoms. The molecule has 0 fully saturated rings. The van der Waals surface area contributed by atoms with Gasteiger partial charge in [0, 0.05) is 12.6 Å². The lowest BCUT2D eigenvalue weighted by Gasteiger charge is -2.16. The molecule has 0 saturated carbocycles. The molecule has 142 valence electrons. The summed E-state index contributed by atoms with van der Waals surface area (Å²) in [4.78, 5) is 15.7. The zero-order chi connectivity index (χ0) is 19.8. The average molecular weight is 398 g/mol. The molecule has 3 aromatic carbocycles. The number of para-hydroxylation sites is 2. The molecular formula is C23H18N4OS. The molecule has 0 spiro atoms. The van der Waals surface area contributed by atoms with E-state index in [0.717, 1.165) is 31.8 Å². The molecule has 1 aliphatic heterocycles. The molecule has 5 rings (SSSR count). The quantitative estimate of drug-likeness (QED) is 0.480. The largest absolute Gasteiger partial charge is 0.318 e. The van der Waals surface area contributed by atoms with Gasteiger partial charge in [-0.15, -0.1) is 10.2 Å². The summed E-state index contributed by atoms with van der Waals surface area (Å²) >= 11 is 1.56. The van der Waals surface area contributed by atoms with E-state index in [4.69, 9.17) is 0 Å². The van der Waals surface area contributed by atoms with E-state index >= 15 is 0 Å². The highest BCUT2D eigenvalue weighted by Gasteiger charge is 2.33. The lowest BCUT2D eigenvalue weighted by atomic mass is 10.1. The van der Waals surface area contributed by atoms with Crippen LogP contribution in [0.2, 0.25) is 0 Å². The van der Waals surface area contributed by atoms with Gasteiger partial charge in [-0.25, -0.2) is 0 Å². The monoisotopic (exact) mass is 398 g/mol. The van der Waals surface area contributed by atoms with Crippen LogP contribution in [0.3, 0.4) is 0 Å². The molecular weight excluding hydrogens is 380 g/mol. The van der Waals surface area contributed by atoms with E-state index in [0.29, 0.717) is 12.3 Å². The van der Waals surface area contributed by atoms with Crippen molar-refractivity contribution in [1.82, 2.24) is 4.57 Å². The number of nitrogens with zero attached hydrogens (tertiary/aromatic N) is 4. The first-order chi connectivity index (χ1) is 14.2. The van der Waals surface area contributed by atoms with E-state index in [9.17, 15) is 4.79 Å². The van der Waals surface area contributed by atoms with Gasteiger partial charge in [0.1, 0.15) is 0 Å². The van der Waals surface area contributed by atoms with Crippen LogP contribution in [-0.2, 0) is 18.4 Å². The SMILES string of the molecule is Cn1/c(=N\N=C2\C(=O)N(Cc3ccccc3)c3ccccc32)sc2ccccc21. The topological polar surface area (TPSA) is 50.0 Å². The molecule has 0 atom stereocenters. The van der Waals surface area contributed by atoms with Crippen LogP contribution in [-0.4, -0.2) is 16.2 Å². The third kappa shape index (κ3) is 3.07. The van der Waals surface area contributed by atoms with Crippen LogP contribution >= 0.6 is 11.3 Å². The summed E-state index contributed by atoms with van der Waals surface area (Å²) in [6, 6.07) is 25.8. The summed E-state index contributed by atoms with van der Waals surface area (Å²) in [6.45, 7) is 0.506. The summed E-state index contributed by atoms with van der Waals surface area (Å²) in [6.07, 6.45) is 0. The Bertz CT molecular complexity index is 1320. The van der Waals surface area contributed by atoms with Gasteiger partial charge in [-0.05, 0) is 23.8 Å². The Kier molecular flexibility index (Phi) is 4.33. The molecule has 1 aliphatic rings. The fourth-order valence-electron chi connectivity index (χ4n) is 3.55. The number of thiazole rings is 1. The number of amides is 1. The van der Waals surface area contributed by atoms with Crippen LogP contribution in [0, 0.1) is 0 Å². The summed E-state index contributed by atoms with van der Waals surface area (Å²) in [5.74, 6) is -0.123. The number of aryl methyl sites for hydroxylation is 1. The smallest absolute Gasteiger partial charge is 0.279 e. The first-order valence-corrected chi connectivity index (χ1v) is 10.2. The van der Waals surface area contributed by atoms with Crippen molar-refractivity contribution in [3.63, 3.8) is 0 Å². The second-order valence-corrected chi connectivity index (χ2v) is 7.86. The Morgan fingerprint density at radius 2 is 1.59 bits per heavy atom. The number of hydrogen-bond donors (Lipinski definition) is 0. The maximum absolute atomic E-state index is 13.2. The number of hydrogen-bond acceptors (Lipinski definition) is 4.